The first-order valence-electron chi connectivity index (χ1n) is 8.86. The van der Waals surface area contributed by atoms with E-state index in [0.717, 1.165) is 18.5 Å². The van der Waals surface area contributed by atoms with E-state index in [0.29, 0.717) is 0 Å². The number of ether oxygens (including phenoxy) is 1. The van der Waals surface area contributed by atoms with Crippen LogP contribution in [0.5, 0.6) is 5.75 Å². The second-order valence-corrected chi connectivity index (χ2v) is 6.81. The van der Waals surface area contributed by atoms with Crippen LogP contribution >= 0.6 is 0 Å². The molecule has 8 heteroatoms. The molecule has 0 spiro atoms. The summed E-state index contributed by atoms with van der Waals surface area (Å²) in [4.78, 5) is 7.43. The average Bonchev–Trinajstić information content (AvgIpc) is 2.63. The van der Waals surface area contributed by atoms with E-state index in [1.54, 1.807) is 0 Å². The van der Waals surface area contributed by atoms with Crippen molar-refractivity contribution in [2.24, 2.45) is 0 Å². The van der Waals surface area contributed by atoms with Gasteiger partial charge in [0.1, 0.15) is 17.9 Å². The summed E-state index contributed by atoms with van der Waals surface area (Å²) in [5.41, 5.74) is -3.99. The minimum atomic E-state index is -4.91. The first kappa shape index (κ1) is 23.8. The summed E-state index contributed by atoms with van der Waals surface area (Å²) in [5.74, 6) is -0.344. The second kappa shape index (κ2) is 9.32. The zero-order valence-corrected chi connectivity index (χ0v) is 16.6. The monoisotopic (exact) mass is 402 g/mol. The third kappa shape index (κ3) is 5.64. The maximum absolute atomic E-state index is 13.7. The number of hydrogen-bond donors (Lipinski definition) is 1. The van der Waals surface area contributed by atoms with Gasteiger partial charge in [-0.1, -0.05) is 27.7 Å². The molecule has 2 rings (SSSR count). The zero-order valence-electron chi connectivity index (χ0n) is 16.6. The van der Waals surface area contributed by atoms with Crippen molar-refractivity contribution >= 4 is 0 Å². The normalized spacial score (nSPS) is 13.9. The lowest BCUT2D eigenvalue weighted by Gasteiger charge is -2.38. The highest BCUT2D eigenvalue weighted by molar-refractivity contribution is 5.39. The summed E-state index contributed by atoms with van der Waals surface area (Å²) in [6.07, 6.45) is -3.92. The minimum absolute atomic E-state index is 0.0573. The van der Waals surface area contributed by atoms with Crippen molar-refractivity contribution in [3.8, 4) is 5.75 Å². The molecule has 1 heterocycles. The number of aromatic nitrogens is 2. The van der Waals surface area contributed by atoms with E-state index in [4.69, 9.17) is 4.74 Å². The first-order valence-corrected chi connectivity index (χ1v) is 8.86. The van der Waals surface area contributed by atoms with Crippen LogP contribution in [0.3, 0.4) is 0 Å². The Bertz CT molecular complexity index is 752. The Hall–Kier alpha value is -2.22. The maximum Gasteiger partial charge on any atom is 0.417 e. The Balaban J connectivity index is 0.00000190. The quantitative estimate of drug-likeness (QED) is 0.702. The van der Waals surface area contributed by atoms with E-state index in [9.17, 15) is 22.7 Å². The van der Waals surface area contributed by atoms with Gasteiger partial charge in [0.25, 0.3) is 0 Å². The molecule has 1 unspecified atom stereocenters. The number of nitrogens with zero attached hydrogens (tertiary/aromatic N) is 2. The molecule has 28 heavy (non-hydrogen) atoms. The number of methoxy groups -OCH3 is 1. The third-order valence-corrected chi connectivity index (χ3v) is 4.27. The molecule has 0 aliphatic heterocycles. The lowest BCUT2D eigenvalue weighted by atomic mass is 9.73. The van der Waals surface area contributed by atoms with Gasteiger partial charge >= 0.3 is 6.18 Å². The van der Waals surface area contributed by atoms with Gasteiger partial charge in [0.05, 0.1) is 7.11 Å². The molecule has 2 aromatic rings. The summed E-state index contributed by atoms with van der Waals surface area (Å²) in [6, 6.07) is 4.95. The summed E-state index contributed by atoms with van der Waals surface area (Å²) in [7, 11) is 1.35. The molecule has 0 fully saturated rings. The van der Waals surface area contributed by atoms with Crippen molar-refractivity contribution in [1.29, 1.82) is 0 Å². The lowest BCUT2D eigenvalue weighted by molar-refractivity contribution is -0.266. The molecular weight excluding hydrogens is 376 g/mol. The fourth-order valence-corrected chi connectivity index (χ4v) is 3.02. The van der Waals surface area contributed by atoms with Crippen LogP contribution in [0, 0.1) is 5.82 Å². The standard InChI is InChI=1S/C18H20F4N2O2.C2H6/c1-16(2,14-8-12(19)4-5-15(14)26-3)10-17(25,18(20,21)22)9-13-6-7-23-11-24-13;1-2/h4-8,11,25H,9-10H2,1-3H3;1-2H3. The van der Waals surface area contributed by atoms with Gasteiger partial charge in [-0.3, -0.25) is 0 Å². The third-order valence-electron chi connectivity index (χ3n) is 4.27. The van der Waals surface area contributed by atoms with E-state index in [-0.39, 0.29) is 17.0 Å². The predicted molar refractivity (Wildman–Crippen MR) is 98.7 cm³/mol. The van der Waals surface area contributed by atoms with E-state index in [2.05, 4.69) is 9.97 Å². The van der Waals surface area contributed by atoms with Gasteiger partial charge in [0.15, 0.2) is 5.60 Å². The van der Waals surface area contributed by atoms with Gasteiger partial charge in [-0.15, -0.1) is 0 Å². The molecule has 4 nitrogen and oxygen atoms in total. The van der Waals surface area contributed by atoms with E-state index in [1.165, 1.54) is 39.3 Å². The molecule has 156 valence electrons. The zero-order chi connectivity index (χ0) is 21.6. The number of hydrogen-bond acceptors (Lipinski definition) is 4. The number of alkyl halides is 3. The van der Waals surface area contributed by atoms with Crippen LogP contribution in [0.15, 0.2) is 36.8 Å². The number of rotatable bonds is 6. The molecule has 1 atom stereocenters. The Morgan fingerprint density at radius 2 is 1.75 bits per heavy atom. The summed E-state index contributed by atoms with van der Waals surface area (Å²) in [6.45, 7) is 7.00. The van der Waals surface area contributed by atoms with Gasteiger partial charge in [0.2, 0.25) is 0 Å². The van der Waals surface area contributed by atoms with Crippen molar-refractivity contribution in [2.75, 3.05) is 7.11 Å². The van der Waals surface area contributed by atoms with Gasteiger partial charge in [-0.05, 0) is 36.1 Å². The molecule has 1 aromatic heterocycles. The van der Waals surface area contributed by atoms with Crippen LogP contribution in [-0.4, -0.2) is 34.0 Å². The molecule has 0 bridgehead atoms. The van der Waals surface area contributed by atoms with Crippen LogP contribution in [0.1, 0.15) is 45.4 Å². The second-order valence-electron chi connectivity index (χ2n) is 6.81. The Morgan fingerprint density at radius 1 is 1.11 bits per heavy atom. The van der Waals surface area contributed by atoms with Crippen molar-refractivity contribution in [1.82, 2.24) is 9.97 Å². The molecule has 0 amide bonds. The SMILES string of the molecule is CC.COc1ccc(F)cc1C(C)(C)CC(O)(Cc1ccncn1)C(F)(F)F. The number of halogens is 4. The smallest absolute Gasteiger partial charge is 0.417 e. The topological polar surface area (TPSA) is 55.2 Å². The molecule has 1 N–H and O–H groups in total. The van der Waals surface area contributed by atoms with Crippen molar-refractivity contribution in [2.45, 2.75) is 57.7 Å². The fourth-order valence-electron chi connectivity index (χ4n) is 3.02. The Kier molecular flexibility index (Phi) is 7.93. The van der Waals surface area contributed by atoms with Crippen molar-refractivity contribution in [3.63, 3.8) is 0 Å². The molecule has 0 radical (unpaired) electrons. The van der Waals surface area contributed by atoms with E-state index >= 15 is 0 Å². The molecule has 0 saturated carbocycles. The van der Waals surface area contributed by atoms with Crippen LogP contribution in [0.2, 0.25) is 0 Å². The largest absolute Gasteiger partial charge is 0.496 e. The van der Waals surface area contributed by atoms with Gasteiger partial charge < -0.3 is 9.84 Å². The first-order chi connectivity index (χ1) is 13.0. The summed E-state index contributed by atoms with van der Waals surface area (Å²) >= 11 is 0. The van der Waals surface area contributed by atoms with Crippen molar-refractivity contribution in [3.05, 3.63) is 53.9 Å². The molecule has 0 saturated heterocycles. The Labute approximate surface area is 162 Å². The van der Waals surface area contributed by atoms with Gasteiger partial charge in [0, 0.05) is 23.9 Å². The summed E-state index contributed by atoms with van der Waals surface area (Å²) < 4.78 is 59.9. The maximum atomic E-state index is 13.7. The molecule has 0 aliphatic rings. The molecular formula is C20H26F4N2O2. The predicted octanol–water partition coefficient (Wildman–Crippen LogP) is 4.85. The highest BCUT2D eigenvalue weighted by Crippen LogP contribution is 2.44. The van der Waals surface area contributed by atoms with Gasteiger partial charge in [-0.25, -0.2) is 14.4 Å². The number of benzene rings is 1. The van der Waals surface area contributed by atoms with Crippen molar-refractivity contribution < 1.29 is 27.4 Å². The average molecular weight is 402 g/mol. The van der Waals surface area contributed by atoms with Crippen LogP contribution in [0.4, 0.5) is 17.6 Å². The highest BCUT2D eigenvalue weighted by Gasteiger charge is 2.56. The van der Waals surface area contributed by atoms with Gasteiger partial charge in [-0.2, -0.15) is 13.2 Å². The van der Waals surface area contributed by atoms with E-state index in [1.807, 2.05) is 13.8 Å². The molecule has 0 aliphatic carbocycles. The fraction of sp³-hybridized carbons (Fsp3) is 0.500. The minimum Gasteiger partial charge on any atom is -0.496 e. The van der Waals surface area contributed by atoms with Crippen LogP contribution < -0.4 is 4.74 Å². The van der Waals surface area contributed by atoms with Crippen LogP contribution in [-0.2, 0) is 11.8 Å². The van der Waals surface area contributed by atoms with E-state index < -0.39 is 35.9 Å². The van der Waals surface area contributed by atoms with Crippen LogP contribution in [0.25, 0.3) is 0 Å². The highest BCUT2D eigenvalue weighted by atomic mass is 19.4. The molecule has 1 aromatic carbocycles. The number of aliphatic hydroxyl groups is 1. The lowest BCUT2D eigenvalue weighted by Crippen LogP contribution is -2.51. The summed E-state index contributed by atoms with van der Waals surface area (Å²) in [5, 5.41) is 10.5. The Morgan fingerprint density at radius 3 is 2.25 bits per heavy atom.